The molecule has 144 valence electrons. The number of nitrogens with one attached hydrogen (secondary N) is 1. The molecule has 1 aromatic carbocycles. The summed E-state index contributed by atoms with van der Waals surface area (Å²) in [5.74, 6) is 0.458. The van der Waals surface area contributed by atoms with Crippen LogP contribution < -0.4 is 5.73 Å². The van der Waals surface area contributed by atoms with Crippen molar-refractivity contribution < 1.29 is 9.32 Å². The summed E-state index contributed by atoms with van der Waals surface area (Å²) >= 11 is 1.45. The predicted molar refractivity (Wildman–Crippen MR) is 108 cm³/mol. The van der Waals surface area contributed by atoms with Crippen molar-refractivity contribution in [3.05, 3.63) is 53.5 Å². The van der Waals surface area contributed by atoms with E-state index in [0.29, 0.717) is 22.3 Å². The lowest BCUT2D eigenvalue weighted by atomic mass is 10.1. The third kappa shape index (κ3) is 4.20. The number of rotatable bonds is 7. The number of hydrogen-bond donors (Lipinski definition) is 2. The molecular weight excluding hydrogens is 376 g/mol. The Labute approximate surface area is 166 Å². The van der Waals surface area contributed by atoms with Gasteiger partial charge in [-0.1, -0.05) is 40.7 Å². The van der Waals surface area contributed by atoms with Gasteiger partial charge in [0, 0.05) is 36.5 Å². The summed E-state index contributed by atoms with van der Waals surface area (Å²) in [5.41, 5.74) is 8.38. The Morgan fingerprint density at radius 2 is 2.14 bits per heavy atom. The quantitative estimate of drug-likeness (QED) is 0.359. The first-order chi connectivity index (χ1) is 13.4. The van der Waals surface area contributed by atoms with Crippen molar-refractivity contribution in [2.75, 3.05) is 0 Å². The Hall–Kier alpha value is -3.20. The summed E-state index contributed by atoms with van der Waals surface area (Å²) < 4.78 is 7.21. The van der Waals surface area contributed by atoms with E-state index in [1.165, 1.54) is 11.8 Å². The maximum atomic E-state index is 11.1. The first kappa shape index (κ1) is 19.6. The Bertz CT molecular complexity index is 1050. The van der Waals surface area contributed by atoms with Crippen LogP contribution in [0, 0.1) is 12.3 Å². The molecular formula is C19H20N6O2S. The van der Waals surface area contributed by atoms with Gasteiger partial charge in [-0.15, -0.1) is 10.2 Å². The fourth-order valence-electron chi connectivity index (χ4n) is 2.63. The molecule has 1 amide bonds. The van der Waals surface area contributed by atoms with Crippen LogP contribution >= 0.6 is 11.8 Å². The first-order valence-corrected chi connectivity index (χ1v) is 9.38. The van der Waals surface area contributed by atoms with Gasteiger partial charge in [0.15, 0.2) is 16.7 Å². The van der Waals surface area contributed by atoms with Gasteiger partial charge in [0.05, 0.1) is 10.9 Å². The molecule has 3 N–H and O–H groups in total. The monoisotopic (exact) mass is 396 g/mol. The molecule has 0 radical (unpaired) electrons. The van der Waals surface area contributed by atoms with E-state index in [0.717, 1.165) is 29.1 Å². The van der Waals surface area contributed by atoms with Crippen LogP contribution in [0.4, 0.5) is 0 Å². The number of amides is 1. The fraction of sp³-hybridized carbons (Fsp3) is 0.211. The number of carbonyl (C=O) groups is 1. The number of nitrogens with two attached hydrogens (primary N) is 1. The van der Waals surface area contributed by atoms with Crippen molar-refractivity contribution in [2.24, 2.45) is 12.8 Å². The summed E-state index contributed by atoms with van der Waals surface area (Å²) in [5, 5.41) is 20.5. The summed E-state index contributed by atoms with van der Waals surface area (Å²) in [6.45, 7) is 4.02. The minimum Gasteiger partial charge on any atom is -0.366 e. The zero-order chi connectivity index (χ0) is 20.3. The molecule has 0 fully saturated rings. The van der Waals surface area contributed by atoms with E-state index in [2.05, 4.69) is 15.4 Å². The Morgan fingerprint density at radius 3 is 2.82 bits per heavy atom. The Morgan fingerprint density at radius 1 is 1.36 bits per heavy atom. The highest BCUT2D eigenvalue weighted by atomic mass is 32.2. The van der Waals surface area contributed by atoms with Crippen molar-refractivity contribution >= 4 is 29.5 Å². The van der Waals surface area contributed by atoms with E-state index in [9.17, 15) is 4.79 Å². The molecule has 0 aliphatic carbocycles. The van der Waals surface area contributed by atoms with E-state index >= 15 is 0 Å². The van der Waals surface area contributed by atoms with Crippen LogP contribution in [0.25, 0.3) is 16.9 Å². The minimum atomic E-state index is -0.643. The molecule has 0 unspecified atom stereocenters. The summed E-state index contributed by atoms with van der Waals surface area (Å²) in [6, 6.07) is 9.95. The lowest BCUT2D eigenvalue weighted by Crippen LogP contribution is -2.09. The Kier molecular flexibility index (Phi) is 5.74. The SMILES string of the molecule is Cc1cccc(-c2cc([C@@H](C)Sc3nnc(/C(C=N)=C/C(N)=O)n3C)no2)c1. The average molecular weight is 396 g/mol. The second-order valence-electron chi connectivity index (χ2n) is 6.26. The van der Waals surface area contributed by atoms with Gasteiger partial charge < -0.3 is 20.2 Å². The van der Waals surface area contributed by atoms with Gasteiger partial charge >= 0.3 is 0 Å². The van der Waals surface area contributed by atoms with Crippen LogP contribution in [0.1, 0.15) is 29.3 Å². The largest absolute Gasteiger partial charge is 0.366 e. The molecule has 9 heteroatoms. The molecule has 0 aliphatic rings. The molecule has 3 aromatic rings. The zero-order valence-corrected chi connectivity index (χ0v) is 16.5. The Balaban J connectivity index is 1.80. The molecule has 8 nitrogen and oxygen atoms in total. The normalized spacial score (nSPS) is 12.8. The van der Waals surface area contributed by atoms with Gasteiger partial charge in [0.1, 0.15) is 0 Å². The third-order valence-corrected chi connectivity index (χ3v) is 5.24. The smallest absolute Gasteiger partial charge is 0.242 e. The number of nitrogens with zero attached hydrogens (tertiary/aromatic N) is 4. The molecule has 2 heterocycles. The lowest BCUT2D eigenvalue weighted by molar-refractivity contribution is -0.113. The van der Waals surface area contributed by atoms with Crippen molar-refractivity contribution in [3.8, 4) is 11.3 Å². The number of hydrogen-bond acceptors (Lipinski definition) is 7. The number of carbonyl (C=O) groups excluding carboxylic acids is 1. The zero-order valence-electron chi connectivity index (χ0n) is 15.7. The number of aromatic nitrogens is 4. The highest BCUT2D eigenvalue weighted by molar-refractivity contribution is 7.99. The van der Waals surface area contributed by atoms with Crippen LogP contribution in [0.3, 0.4) is 0 Å². The summed E-state index contributed by atoms with van der Waals surface area (Å²) in [7, 11) is 1.77. The van der Waals surface area contributed by atoms with Gasteiger partial charge in [-0.2, -0.15) is 0 Å². The number of aryl methyl sites for hydroxylation is 1. The summed E-state index contributed by atoms with van der Waals surface area (Å²) in [4.78, 5) is 11.1. The first-order valence-electron chi connectivity index (χ1n) is 8.50. The van der Waals surface area contributed by atoms with Crippen LogP contribution in [0.15, 0.2) is 46.1 Å². The number of benzene rings is 1. The fourth-order valence-corrected chi connectivity index (χ4v) is 3.51. The number of primary amides is 1. The van der Waals surface area contributed by atoms with E-state index in [-0.39, 0.29) is 5.25 Å². The van der Waals surface area contributed by atoms with Gasteiger partial charge in [0.25, 0.3) is 0 Å². The maximum Gasteiger partial charge on any atom is 0.242 e. The lowest BCUT2D eigenvalue weighted by Gasteiger charge is -2.07. The van der Waals surface area contributed by atoms with Crippen LogP contribution in [-0.2, 0) is 11.8 Å². The van der Waals surface area contributed by atoms with Crippen LogP contribution in [0.5, 0.6) is 0 Å². The van der Waals surface area contributed by atoms with Gasteiger partial charge in [-0.05, 0) is 19.9 Å². The molecule has 3 rings (SSSR count). The second kappa shape index (κ2) is 8.22. The molecule has 0 saturated heterocycles. The molecule has 0 bridgehead atoms. The molecule has 0 aliphatic heterocycles. The molecule has 0 saturated carbocycles. The van der Waals surface area contributed by atoms with Crippen molar-refractivity contribution in [1.29, 1.82) is 5.41 Å². The van der Waals surface area contributed by atoms with Crippen LogP contribution in [-0.4, -0.2) is 32.0 Å². The maximum absolute atomic E-state index is 11.1. The van der Waals surface area contributed by atoms with Gasteiger partial charge in [0.2, 0.25) is 5.91 Å². The average Bonchev–Trinajstić information content (AvgIpc) is 3.28. The third-order valence-electron chi connectivity index (χ3n) is 4.08. The van der Waals surface area contributed by atoms with Crippen molar-refractivity contribution in [2.45, 2.75) is 24.3 Å². The number of thioether (sulfide) groups is 1. The topological polar surface area (TPSA) is 124 Å². The van der Waals surface area contributed by atoms with Crippen molar-refractivity contribution in [3.63, 3.8) is 0 Å². The second-order valence-corrected chi connectivity index (χ2v) is 7.57. The standard InChI is InChI=1S/C19H20N6O2S/c1-11-5-4-6-13(7-11)16-9-15(24-27-16)12(2)28-19-23-22-18(25(19)3)14(10-20)8-17(21)26/h4-10,12,20H,1-3H3,(H2,21,26)/b14-8+,20-10?/t12-/m1/s1. The van der Waals surface area contributed by atoms with E-state index < -0.39 is 5.91 Å². The number of allylic oxidation sites excluding steroid dienone is 1. The van der Waals surface area contributed by atoms with Gasteiger partial charge in [-0.25, -0.2) is 0 Å². The minimum absolute atomic E-state index is 0.0402. The van der Waals surface area contributed by atoms with Crippen molar-refractivity contribution in [1.82, 2.24) is 19.9 Å². The predicted octanol–water partition coefficient (Wildman–Crippen LogP) is 3.15. The molecule has 1 atom stereocenters. The molecule has 28 heavy (non-hydrogen) atoms. The molecule has 0 spiro atoms. The van der Waals surface area contributed by atoms with Crippen LogP contribution in [0.2, 0.25) is 0 Å². The van der Waals surface area contributed by atoms with E-state index in [1.807, 2.05) is 44.2 Å². The highest BCUT2D eigenvalue weighted by Gasteiger charge is 2.19. The van der Waals surface area contributed by atoms with E-state index in [4.69, 9.17) is 15.7 Å². The highest BCUT2D eigenvalue weighted by Crippen LogP contribution is 2.35. The molecule has 2 aromatic heterocycles. The van der Waals surface area contributed by atoms with E-state index in [1.54, 1.807) is 11.6 Å². The summed E-state index contributed by atoms with van der Waals surface area (Å²) in [6.07, 6.45) is 2.18. The van der Waals surface area contributed by atoms with Gasteiger partial charge in [-0.3, -0.25) is 4.79 Å².